The minimum absolute atomic E-state index is 0.358. The third kappa shape index (κ3) is 3.34. The van der Waals surface area contributed by atoms with E-state index in [-0.39, 0.29) is 6.10 Å². The van der Waals surface area contributed by atoms with Gasteiger partial charge in [0.25, 0.3) is 0 Å². The first-order chi connectivity index (χ1) is 8.58. The molecule has 0 spiro atoms. The van der Waals surface area contributed by atoms with Crippen molar-refractivity contribution >= 4 is 15.9 Å². The van der Waals surface area contributed by atoms with E-state index in [0.29, 0.717) is 6.10 Å². The first-order valence-corrected chi connectivity index (χ1v) is 7.43. The van der Waals surface area contributed by atoms with E-state index in [9.17, 15) is 5.11 Å². The van der Waals surface area contributed by atoms with Crippen LogP contribution in [0.5, 0.6) is 0 Å². The minimum atomic E-state index is -0.374. The normalized spacial score (nSPS) is 21.2. The lowest BCUT2D eigenvalue weighted by Crippen LogP contribution is -2.09. The second-order valence-electron chi connectivity index (χ2n) is 5.19. The molecule has 0 amide bonds. The molecule has 1 N–H and O–H groups in total. The highest BCUT2D eigenvalue weighted by Gasteiger charge is 2.18. The van der Waals surface area contributed by atoms with E-state index in [1.165, 1.54) is 5.56 Å². The predicted molar refractivity (Wildman–Crippen MR) is 76.8 cm³/mol. The Morgan fingerprint density at radius 3 is 2.83 bits per heavy atom. The summed E-state index contributed by atoms with van der Waals surface area (Å²) in [7, 11) is 0. The van der Waals surface area contributed by atoms with E-state index >= 15 is 0 Å². The van der Waals surface area contributed by atoms with Crippen molar-refractivity contribution in [3.63, 3.8) is 0 Å². The molecule has 1 heterocycles. The summed E-state index contributed by atoms with van der Waals surface area (Å²) < 4.78 is 6.70. The van der Waals surface area contributed by atoms with Gasteiger partial charge in [0.15, 0.2) is 0 Å². The van der Waals surface area contributed by atoms with Crippen LogP contribution in [0.15, 0.2) is 16.6 Å². The van der Waals surface area contributed by atoms with Gasteiger partial charge in [-0.2, -0.15) is 0 Å². The van der Waals surface area contributed by atoms with Crippen molar-refractivity contribution in [1.82, 2.24) is 0 Å². The Hall–Kier alpha value is -0.380. The second-order valence-corrected chi connectivity index (χ2v) is 6.04. The van der Waals surface area contributed by atoms with Gasteiger partial charge in [0, 0.05) is 11.1 Å². The first kappa shape index (κ1) is 14.0. The van der Waals surface area contributed by atoms with E-state index in [1.807, 2.05) is 0 Å². The molecule has 1 saturated heterocycles. The second kappa shape index (κ2) is 6.18. The largest absolute Gasteiger partial charge is 0.388 e. The fourth-order valence-electron chi connectivity index (χ4n) is 2.53. The third-order valence-corrected chi connectivity index (χ3v) is 4.55. The molecule has 1 aromatic rings. The Labute approximate surface area is 117 Å². The number of hydrogen-bond donors (Lipinski definition) is 1. The Kier molecular flexibility index (Phi) is 4.82. The zero-order valence-electron chi connectivity index (χ0n) is 11.1. The molecular formula is C15H21BrO2. The summed E-state index contributed by atoms with van der Waals surface area (Å²) in [5.41, 5.74) is 3.37. The number of ether oxygens (including phenoxy) is 1. The zero-order valence-corrected chi connectivity index (χ0v) is 12.7. The first-order valence-electron chi connectivity index (χ1n) is 6.64. The van der Waals surface area contributed by atoms with Gasteiger partial charge in [0.1, 0.15) is 0 Å². The van der Waals surface area contributed by atoms with Crippen molar-refractivity contribution in [3.8, 4) is 0 Å². The topological polar surface area (TPSA) is 29.5 Å². The lowest BCUT2D eigenvalue weighted by Gasteiger charge is -2.17. The van der Waals surface area contributed by atoms with Crippen molar-refractivity contribution in [2.45, 2.75) is 51.7 Å². The molecule has 0 radical (unpaired) electrons. The summed E-state index contributed by atoms with van der Waals surface area (Å²) in [5.74, 6) is 0. The van der Waals surface area contributed by atoms with Crippen molar-refractivity contribution in [2.24, 2.45) is 0 Å². The van der Waals surface area contributed by atoms with Crippen LogP contribution in [0.25, 0.3) is 0 Å². The molecule has 1 aliphatic heterocycles. The number of aliphatic hydroxyl groups is 1. The molecule has 0 aliphatic carbocycles. The molecule has 0 bridgehead atoms. The van der Waals surface area contributed by atoms with E-state index in [1.54, 1.807) is 0 Å². The lowest BCUT2D eigenvalue weighted by molar-refractivity contribution is 0.0811. The molecule has 3 heteroatoms. The quantitative estimate of drug-likeness (QED) is 0.908. The van der Waals surface area contributed by atoms with Gasteiger partial charge in [-0.3, -0.25) is 0 Å². The van der Waals surface area contributed by atoms with E-state index in [4.69, 9.17) is 4.74 Å². The van der Waals surface area contributed by atoms with Crippen LogP contribution in [-0.2, 0) is 4.74 Å². The standard InChI is InChI=1S/C15H21BrO2/c1-10-9-14(16)11(2)8-13(10)15(17)6-5-12-4-3-7-18-12/h8-9,12,15,17H,3-7H2,1-2H3. The minimum Gasteiger partial charge on any atom is -0.388 e. The number of benzene rings is 1. The van der Waals surface area contributed by atoms with Gasteiger partial charge in [0.05, 0.1) is 12.2 Å². The van der Waals surface area contributed by atoms with Gasteiger partial charge in [-0.05, 0) is 62.3 Å². The van der Waals surface area contributed by atoms with Crippen LogP contribution in [-0.4, -0.2) is 17.8 Å². The van der Waals surface area contributed by atoms with Gasteiger partial charge in [-0.1, -0.05) is 22.0 Å². The number of rotatable bonds is 4. The summed E-state index contributed by atoms with van der Waals surface area (Å²) in [6.07, 6.45) is 4.03. The molecule has 18 heavy (non-hydrogen) atoms. The maximum Gasteiger partial charge on any atom is 0.0793 e. The molecule has 0 saturated carbocycles. The number of halogens is 1. The average Bonchev–Trinajstić information content (AvgIpc) is 2.84. The fourth-order valence-corrected chi connectivity index (χ4v) is 2.99. The Morgan fingerprint density at radius 1 is 1.39 bits per heavy atom. The van der Waals surface area contributed by atoms with Crippen LogP contribution in [0.3, 0.4) is 0 Å². The van der Waals surface area contributed by atoms with Crippen molar-refractivity contribution < 1.29 is 9.84 Å². The van der Waals surface area contributed by atoms with E-state index in [2.05, 4.69) is 41.9 Å². The molecule has 1 aromatic carbocycles. The van der Waals surface area contributed by atoms with E-state index < -0.39 is 0 Å². The fraction of sp³-hybridized carbons (Fsp3) is 0.600. The molecule has 0 aromatic heterocycles. The van der Waals surface area contributed by atoms with Gasteiger partial charge in [-0.15, -0.1) is 0 Å². The summed E-state index contributed by atoms with van der Waals surface area (Å²) in [5, 5.41) is 10.3. The average molecular weight is 313 g/mol. The lowest BCUT2D eigenvalue weighted by atomic mass is 9.96. The molecule has 2 rings (SSSR count). The molecule has 2 atom stereocenters. The number of hydrogen-bond acceptors (Lipinski definition) is 2. The van der Waals surface area contributed by atoms with Gasteiger partial charge >= 0.3 is 0 Å². The molecule has 1 aliphatic rings. The summed E-state index contributed by atoms with van der Waals surface area (Å²) in [4.78, 5) is 0. The Balaban J connectivity index is 1.99. The monoisotopic (exact) mass is 312 g/mol. The molecular weight excluding hydrogens is 292 g/mol. The molecule has 100 valence electrons. The summed E-state index contributed by atoms with van der Waals surface area (Å²) in [6.45, 7) is 4.99. The number of aryl methyl sites for hydroxylation is 2. The van der Waals surface area contributed by atoms with Gasteiger partial charge in [-0.25, -0.2) is 0 Å². The highest BCUT2D eigenvalue weighted by atomic mass is 79.9. The highest BCUT2D eigenvalue weighted by molar-refractivity contribution is 9.10. The van der Waals surface area contributed by atoms with Crippen LogP contribution in [0.4, 0.5) is 0 Å². The predicted octanol–water partition coefficient (Wildman–Crippen LogP) is 4.06. The van der Waals surface area contributed by atoms with Crippen LogP contribution in [0.1, 0.15) is 48.5 Å². The zero-order chi connectivity index (χ0) is 13.1. The van der Waals surface area contributed by atoms with Gasteiger partial charge < -0.3 is 9.84 Å². The van der Waals surface area contributed by atoms with E-state index in [0.717, 1.165) is 47.9 Å². The SMILES string of the molecule is Cc1cc(C(O)CCC2CCCO2)c(C)cc1Br. The van der Waals surface area contributed by atoms with Crippen LogP contribution < -0.4 is 0 Å². The van der Waals surface area contributed by atoms with Crippen LogP contribution >= 0.6 is 15.9 Å². The Bertz CT molecular complexity index is 411. The Morgan fingerprint density at radius 2 is 2.17 bits per heavy atom. The number of aliphatic hydroxyl groups excluding tert-OH is 1. The summed E-state index contributed by atoms with van der Waals surface area (Å²) >= 11 is 3.52. The third-order valence-electron chi connectivity index (χ3n) is 3.69. The maximum atomic E-state index is 10.3. The van der Waals surface area contributed by atoms with Crippen LogP contribution in [0, 0.1) is 13.8 Å². The molecule has 1 fully saturated rings. The van der Waals surface area contributed by atoms with Crippen LogP contribution in [0.2, 0.25) is 0 Å². The highest BCUT2D eigenvalue weighted by Crippen LogP contribution is 2.29. The van der Waals surface area contributed by atoms with Crippen molar-refractivity contribution in [1.29, 1.82) is 0 Å². The smallest absolute Gasteiger partial charge is 0.0793 e. The van der Waals surface area contributed by atoms with Crippen molar-refractivity contribution in [3.05, 3.63) is 33.3 Å². The molecule has 2 unspecified atom stereocenters. The van der Waals surface area contributed by atoms with Gasteiger partial charge in [0.2, 0.25) is 0 Å². The van der Waals surface area contributed by atoms with Crippen molar-refractivity contribution in [2.75, 3.05) is 6.61 Å². The summed E-state index contributed by atoms with van der Waals surface area (Å²) in [6, 6.07) is 4.17. The molecule has 2 nitrogen and oxygen atoms in total. The maximum absolute atomic E-state index is 10.3.